The molecule has 7 nitrogen and oxygen atoms in total. The van der Waals surface area contributed by atoms with Gasteiger partial charge >= 0.3 is 0 Å². The molecule has 7 heteroatoms. The van der Waals surface area contributed by atoms with Gasteiger partial charge in [-0.15, -0.1) is 0 Å². The van der Waals surface area contributed by atoms with E-state index in [4.69, 9.17) is 15.2 Å². The summed E-state index contributed by atoms with van der Waals surface area (Å²) in [5.74, 6) is 0.0849. The van der Waals surface area contributed by atoms with Crippen LogP contribution in [0.25, 0.3) is 0 Å². The number of nitrogens with zero attached hydrogens (tertiary/aromatic N) is 1. The van der Waals surface area contributed by atoms with E-state index in [9.17, 15) is 9.59 Å². The molecule has 142 valence electrons. The van der Waals surface area contributed by atoms with E-state index in [1.165, 1.54) is 0 Å². The van der Waals surface area contributed by atoms with Gasteiger partial charge in [0, 0.05) is 13.2 Å². The van der Waals surface area contributed by atoms with E-state index in [1.807, 2.05) is 29.2 Å². The maximum Gasteiger partial charge on any atom is 0.231 e. The highest BCUT2D eigenvalue weighted by atomic mass is 16.5. The van der Waals surface area contributed by atoms with Gasteiger partial charge in [0.15, 0.2) is 0 Å². The van der Waals surface area contributed by atoms with Gasteiger partial charge in [-0.1, -0.05) is 12.1 Å². The van der Waals surface area contributed by atoms with Crippen molar-refractivity contribution in [3.63, 3.8) is 0 Å². The zero-order valence-corrected chi connectivity index (χ0v) is 15.0. The summed E-state index contributed by atoms with van der Waals surface area (Å²) in [6, 6.07) is 7.45. The van der Waals surface area contributed by atoms with E-state index in [0.29, 0.717) is 24.6 Å². The standard InChI is InChI=1S/C19H27N3O4/c20-18(23)12-22-9-3-5-14(11-22)19(24)21-16-7-1-2-8-17(16)26-13-15-6-4-10-25-15/h1-2,7-8,14-15H,3-6,9-13H2,(H2,20,23)(H,21,24). The van der Waals surface area contributed by atoms with Crippen LogP contribution >= 0.6 is 0 Å². The molecule has 2 heterocycles. The molecule has 2 atom stereocenters. The number of carbonyl (C=O) groups excluding carboxylic acids is 2. The van der Waals surface area contributed by atoms with Gasteiger partial charge in [0.2, 0.25) is 11.8 Å². The largest absolute Gasteiger partial charge is 0.489 e. The zero-order valence-electron chi connectivity index (χ0n) is 15.0. The predicted molar refractivity (Wildman–Crippen MR) is 97.9 cm³/mol. The van der Waals surface area contributed by atoms with Gasteiger partial charge in [-0.05, 0) is 44.4 Å². The lowest BCUT2D eigenvalue weighted by Crippen LogP contribution is -2.44. The molecule has 1 aromatic carbocycles. The number of nitrogens with two attached hydrogens (primary N) is 1. The lowest BCUT2D eigenvalue weighted by molar-refractivity contribution is -0.124. The molecule has 0 radical (unpaired) electrons. The first kappa shape index (κ1) is 18.7. The Kier molecular flexibility index (Phi) is 6.46. The SMILES string of the molecule is NC(=O)CN1CCCC(C(=O)Nc2ccccc2OCC2CCCO2)C1. The van der Waals surface area contributed by atoms with Crippen molar-refractivity contribution in [2.75, 3.05) is 38.2 Å². The topological polar surface area (TPSA) is 93.9 Å². The Morgan fingerprint density at radius 3 is 2.88 bits per heavy atom. The van der Waals surface area contributed by atoms with Crippen LogP contribution in [-0.4, -0.2) is 55.7 Å². The van der Waals surface area contributed by atoms with Crippen LogP contribution in [-0.2, 0) is 14.3 Å². The first-order chi connectivity index (χ1) is 12.6. The molecule has 0 bridgehead atoms. The predicted octanol–water partition coefficient (Wildman–Crippen LogP) is 1.38. The van der Waals surface area contributed by atoms with E-state index in [0.717, 1.165) is 38.8 Å². The molecule has 2 saturated heterocycles. The molecule has 0 aliphatic carbocycles. The summed E-state index contributed by atoms with van der Waals surface area (Å²) in [5, 5.41) is 2.98. The fourth-order valence-corrected chi connectivity index (χ4v) is 3.52. The Morgan fingerprint density at radius 1 is 1.27 bits per heavy atom. The second-order valence-electron chi connectivity index (χ2n) is 6.97. The molecule has 3 N–H and O–H groups in total. The Labute approximate surface area is 153 Å². The average Bonchev–Trinajstić information content (AvgIpc) is 3.14. The van der Waals surface area contributed by atoms with Gasteiger partial charge in [0.1, 0.15) is 12.4 Å². The van der Waals surface area contributed by atoms with E-state index < -0.39 is 0 Å². The van der Waals surface area contributed by atoms with Crippen LogP contribution in [0.1, 0.15) is 25.7 Å². The number of hydrogen-bond acceptors (Lipinski definition) is 5. The first-order valence-corrected chi connectivity index (χ1v) is 9.27. The number of piperidine rings is 1. The number of likely N-dealkylation sites (tertiary alicyclic amines) is 1. The van der Waals surface area contributed by atoms with Crippen molar-refractivity contribution in [2.45, 2.75) is 31.8 Å². The molecule has 0 aromatic heterocycles. The third kappa shape index (κ3) is 5.19. The molecule has 2 aliphatic heterocycles. The Morgan fingerprint density at radius 2 is 2.12 bits per heavy atom. The second kappa shape index (κ2) is 9.00. The van der Waals surface area contributed by atoms with Crippen molar-refractivity contribution in [1.29, 1.82) is 0 Å². The van der Waals surface area contributed by atoms with Crippen molar-refractivity contribution in [2.24, 2.45) is 11.7 Å². The quantitative estimate of drug-likeness (QED) is 0.765. The van der Waals surface area contributed by atoms with E-state index in [-0.39, 0.29) is 30.4 Å². The number of rotatable bonds is 7. The number of ether oxygens (including phenoxy) is 2. The van der Waals surface area contributed by atoms with Crippen LogP contribution < -0.4 is 15.8 Å². The molecule has 2 amide bonds. The second-order valence-corrected chi connectivity index (χ2v) is 6.97. The normalized spacial score (nSPS) is 23.5. The number of carbonyl (C=O) groups is 2. The lowest BCUT2D eigenvalue weighted by atomic mass is 9.97. The van der Waals surface area contributed by atoms with Crippen molar-refractivity contribution >= 4 is 17.5 Å². The van der Waals surface area contributed by atoms with Crippen molar-refractivity contribution < 1.29 is 19.1 Å². The number of hydrogen-bond donors (Lipinski definition) is 2. The fraction of sp³-hybridized carbons (Fsp3) is 0.579. The van der Waals surface area contributed by atoms with Gasteiger partial charge in [-0.3, -0.25) is 14.5 Å². The minimum atomic E-state index is -0.362. The van der Waals surface area contributed by atoms with Crippen LogP contribution in [0.2, 0.25) is 0 Å². The van der Waals surface area contributed by atoms with Crippen LogP contribution in [0.3, 0.4) is 0 Å². The molecule has 2 fully saturated rings. The summed E-state index contributed by atoms with van der Waals surface area (Å²) < 4.78 is 11.5. The lowest BCUT2D eigenvalue weighted by Gasteiger charge is -2.31. The third-order valence-electron chi connectivity index (χ3n) is 4.85. The maximum absolute atomic E-state index is 12.7. The van der Waals surface area contributed by atoms with Crippen LogP contribution in [0.5, 0.6) is 5.75 Å². The minimum absolute atomic E-state index is 0.0488. The van der Waals surface area contributed by atoms with Crippen LogP contribution in [0, 0.1) is 5.92 Å². The van der Waals surface area contributed by atoms with Gasteiger partial charge < -0.3 is 20.5 Å². The first-order valence-electron chi connectivity index (χ1n) is 9.27. The van der Waals surface area contributed by atoms with Gasteiger partial charge in [-0.25, -0.2) is 0 Å². The molecule has 1 aromatic rings. The van der Waals surface area contributed by atoms with Crippen molar-refractivity contribution in [1.82, 2.24) is 4.90 Å². The summed E-state index contributed by atoms with van der Waals surface area (Å²) in [6.45, 7) is 2.82. The minimum Gasteiger partial charge on any atom is -0.489 e. The maximum atomic E-state index is 12.7. The molecule has 2 unspecified atom stereocenters. The number of primary amides is 1. The number of nitrogens with one attached hydrogen (secondary N) is 1. The Bertz CT molecular complexity index is 631. The Balaban J connectivity index is 1.57. The fourth-order valence-electron chi connectivity index (χ4n) is 3.52. The van der Waals surface area contributed by atoms with E-state index >= 15 is 0 Å². The highest BCUT2D eigenvalue weighted by molar-refractivity contribution is 5.94. The monoisotopic (exact) mass is 361 g/mol. The summed E-state index contributed by atoms with van der Waals surface area (Å²) in [4.78, 5) is 25.7. The van der Waals surface area contributed by atoms with Crippen LogP contribution in [0.4, 0.5) is 5.69 Å². The molecule has 26 heavy (non-hydrogen) atoms. The summed E-state index contributed by atoms with van der Waals surface area (Å²) >= 11 is 0. The smallest absolute Gasteiger partial charge is 0.231 e. The summed E-state index contributed by atoms with van der Waals surface area (Å²) in [5.41, 5.74) is 5.93. The molecule has 3 rings (SSSR count). The Hall–Kier alpha value is -2.12. The highest BCUT2D eigenvalue weighted by Gasteiger charge is 2.27. The highest BCUT2D eigenvalue weighted by Crippen LogP contribution is 2.27. The van der Waals surface area contributed by atoms with E-state index in [2.05, 4.69) is 5.32 Å². The average molecular weight is 361 g/mol. The number of amides is 2. The zero-order chi connectivity index (χ0) is 18.4. The van der Waals surface area contributed by atoms with Crippen molar-refractivity contribution in [3.05, 3.63) is 24.3 Å². The van der Waals surface area contributed by atoms with Crippen LogP contribution in [0.15, 0.2) is 24.3 Å². The number of anilines is 1. The van der Waals surface area contributed by atoms with Gasteiger partial charge in [0.05, 0.1) is 24.3 Å². The third-order valence-corrected chi connectivity index (χ3v) is 4.85. The molecular weight excluding hydrogens is 334 g/mol. The molecule has 2 aliphatic rings. The number of benzene rings is 1. The van der Waals surface area contributed by atoms with Crippen molar-refractivity contribution in [3.8, 4) is 5.75 Å². The van der Waals surface area contributed by atoms with Gasteiger partial charge in [-0.2, -0.15) is 0 Å². The molecular formula is C19H27N3O4. The molecule has 0 spiro atoms. The summed E-state index contributed by atoms with van der Waals surface area (Å²) in [7, 11) is 0. The summed E-state index contributed by atoms with van der Waals surface area (Å²) in [6.07, 6.45) is 3.88. The molecule has 0 saturated carbocycles. The van der Waals surface area contributed by atoms with Gasteiger partial charge in [0.25, 0.3) is 0 Å². The van der Waals surface area contributed by atoms with E-state index in [1.54, 1.807) is 0 Å². The number of para-hydroxylation sites is 2.